The summed E-state index contributed by atoms with van der Waals surface area (Å²) in [5, 5.41) is 3.11. The summed E-state index contributed by atoms with van der Waals surface area (Å²) in [7, 11) is 1.67. The van der Waals surface area contributed by atoms with Gasteiger partial charge in [-0.3, -0.25) is 4.98 Å². The van der Waals surface area contributed by atoms with Gasteiger partial charge in [-0.2, -0.15) is 0 Å². The Balaban J connectivity index is 2.04. The van der Waals surface area contributed by atoms with Gasteiger partial charge in [-0.15, -0.1) is 0 Å². The Morgan fingerprint density at radius 2 is 2.14 bits per heavy atom. The second-order valence-corrected chi connectivity index (χ2v) is 4.72. The molecule has 0 bridgehead atoms. The second kappa shape index (κ2) is 7.40. The molecule has 2 rings (SSSR count). The largest absolute Gasteiger partial charge is 0.380 e. The van der Waals surface area contributed by atoms with Gasteiger partial charge >= 0.3 is 0 Å². The number of para-hydroxylation sites is 1. The van der Waals surface area contributed by atoms with Crippen LogP contribution in [0.3, 0.4) is 0 Å². The number of nitrogens with two attached hydrogens (primary N) is 1. The summed E-state index contributed by atoms with van der Waals surface area (Å²) >= 11 is 0. The topological polar surface area (TPSA) is 72.5 Å². The summed E-state index contributed by atoms with van der Waals surface area (Å²) in [4.78, 5) is 8.50. The number of anilines is 1. The quantitative estimate of drug-likeness (QED) is 0.653. The summed E-state index contributed by atoms with van der Waals surface area (Å²) in [6, 6.07) is 11.8. The molecule has 0 unspecified atom stereocenters. The summed E-state index contributed by atoms with van der Waals surface area (Å²) < 4.78 is 5.16. The first kappa shape index (κ1) is 15.0. The number of aliphatic imine (C=N–C) groups is 1. The lowest BCUT2D eigenvalue weighted by Gasteiger charge is -2.10. The molecule has 1 aromatic heterocycles. The Labute approximate surface area is 124 Å². The van der Waals surface area contributed by atoms with E-state index in [2.05, 4.69) is 15.3 Å². The van der Waals surface area contributed by atoms with Crippen molar-refractivity contribution < 1.29 is 4.74 Å². The molecule has 1 heterocycles. The minimum atomic E-state index is 0.382. The number of nitrogens with zero attached hydrogens (tertiary/aromatic N) is 2. The molecule has 0 atom stereocenters. The molecular formula is C16H20N4O. The van der Waals surface area contributed by atoms with E-state index in [9.17, 15) is 0 Å². The molecule has 5 nitrogen and oxygen atoms in total. The summed E-state index contributed by atoms with van der Waals surface area (Å²) in [6.07, 6.45) is 1.78. The lowest BCUT2D eigenvalue weighted by Crippen LogP contribution is -2.23. The molecule has 0 aliphatic carbocycles. The van der Waals surface area contributed by atoms with E-state index >= 15 is 0 Å². The van der Waals surface area contributed by atoms with Crippen LogP contribution in [0.25, 0.3) is 0 Å². The van der Waals surface area contributed by atoms with Crippen LogP contribution < -0.4 is 11.1 Å². The number of rotatable bonds is 5. The number of pyridine rings is 1. The number of guanidine groups is 1. The summed E-state index contributed by atoms with van der Waals surface area (Å²) in [5.74, 6) is 0.382. The average Bonchev–Trinajstić information content (AvgIpc) is 2.48. The van der Waals surface area contributed by atoms with E-state index in [0.29, 0.717) is 19.1 Å². The molecule has 5 heteroatoms. The number of aryl methyl sites for hydroxylation is 1. The highest BCUT2D eigenvalue weighted by molar-refractivity contribution is 5.92. The van der Waals surface area contributed by atoms with Crippen molar-refractivity contribution in [3.05, 3.63) is 59.4 Å². The van der Waals surface area contributed by atoms with Gasteiger partial charge in [0.2, 0.25) is 0 Å². The predicted molar refractivity (Wildman–Crippen MR) is 85.1 cm³/mol. The second-order valence-electron chi connectivity index (χ2n) is 4.72. The van der Waals surface area contributed by atoms with Crippen LogP contribution in [-0.4, -0.2) is 18.1 Å². The molecule has 0 spiro atoms. The Bertz CT molecular complexity index is 625. The molecular weight excluding hydrogens is 264 g/mol. The maximum atomic E-state index is 5.94. The van der Waals surface area contributed by atoms with E-state index in [1.54, 1.807) is 13.3 Å². The fraction of sp³-hybridized carbons (Fsp3) is 0.250. The zero-order valence-electron chi connectivity index (χ0n) is 12.3. The van der Waals surface area contributed by atoms with Crippen LogP contribution in [-0.2, 0) is 17.9 Å². The van der Waals surface area contributed by atoms with Gasteiger partial charge in [-0.25, -0.2) is 4.99 Å². The summed E-state index contributed by atoms with van der Waals surface area (Å²) in [5.41, 5.74) is 9.94. The minimum absolute atomic E-state index is 0.382. The van der Waals surface area contributed by atoms with Gasteiger partial charge in [0.05, 0.1) is 13.2 Å². The number of ether oxygens (including phenoxy) is 1. The number of aromatic nitrogens is 1. The van der Waals surface area contributed by atoms with Gasteiger partial charge < -0.3 is 15.8 Å². The first-order valence-corrected chi connectivity index (χ1v) is 6.74. The molecule has 0 fully saturated rings. The van der Waals surface area contributed by atoms with Crippen LogP contribution in [0.15, 0.2) is 47.6 Å². The van der Waals surface area contributed by atoms with Crippen LogP contribution in [0, 0.1) is 6.92 Å². The molecule has 0 saturated heterocycles. The standard InChI is InChI=1S/C16H20N4O/c1-12-9-13(7-8-18-12)10-19-16(17)20-15-6-4-3-5-14(15)11-21-2/h3-9H,10-11H2,1-2H3,(H3,17,19,20). The number of nitrogens with one attached hydrogen (secondary N) is 1. The zero-order chi connectivity index (χ0) is 15.1. The molecule has 0 radical (unpaired) electrons. The highest BCUT2D eigenvalue weighted by Gasteiger charge is 2.02. The third-order valence-corrected chi connectivity index (χ3v) is 2.97. The van der Waals surface area contributed by atoms with Gasteiger partial charge in [0.15, 0.2) is 5.96 Å². The first-order valence-electron chi connectivity index (χ1n) is 6.74. The maximum absolute atomic E-state index is 5.94. The van der Waals surface area contributed by atoms with Crippen LogP contribution in [0.4, 0.5) is 5.69 Å². The number of hydrogen-bond acceptors (Lipinski definition) is 3. The van der Waals surface area contributed by atoms with E-state index in [1.165, 1.54) is 0 Å². The molecule has 1 aromatic carbocycles. The molecule has 0 amide bonds. The van der Waals surface area contributed by atoms with Crippen LogP contribution in [0.1, 0.15) is 16.8 Å². The number of methoxy groups -OCH3 is 1. The van der Waals surface area contributed by atoms with E-state index in [1.807, 2.05) is 43.3 Å². The van der Waals surface area contributed by atoms with Crippen molar-refractivity contribution in [1.29, 1.82) is 0 Å². The molecule has 0 aliphatic heterocycles. The van der Waals surface area contributed by atoms with Crippen molar-refractivity contribution in [2.75, 3.05) is 12.4 Å². The van der Waals surface area contributed by atoms with Crippen molar-refractivity contribution in [3.8, 4) is 0 Å². The molecule has 0 saturated carbocycles. The number of hydrogen-bond donors (Lipinski definition) is 2. The van der Waals surface area contributed by atoms with Crippen molar-refractivity contribution in [1.82, 2.24) is 4.98 Å². The molecule has 3 N–H and O–H groups in total. The van der Waals surface area contributed by atoms with E-state index < -0.39 is 0 Å². The monoisotopic (exact) mass is 284 g/mol. The van der Waals surface area contributed by atoms with Crippen LogP contribution >= 0.6 is 0 Å². The lowest BCUT2D eigenvalue weighted by atomic mass is 10.2. The third-order valence-electron chi connectivity index (χ3n) is 2.97. The van der Waals surface area contributed by atoms with Crippen molar-refractivity contribution >= 4 is 11.6 Å². The van der Waals surface area contributed by atoms with Crippen molar-refractivity contribution in [2.24, 2.45) is 10.7 Å². The highest BCUT2D eigenvalue weighted by Crippen LogP contribution is 2.15. The fourth-order valence-corrected chi connectivity index (χ4v) is 1.98. The van der Waals surface area contributed by atoms with Gasteiger partial charge in [-0.1, -0.05) is 18.2 Å². The first-order chi connectivity index (χ1) is 10.2. The molecule has 2 aromatic rings. The minimum Gasteiger partial charge on any atom is -0.380 e. The molecule has 0 aliphatic rings. The van der Waals surface area contributed by atoms with Crippen LogP contribution in [0.5, 0.6) is 0 Å². The molecule has 110 valence electrons. The van der Waals surface area contributed by atoms with Crippen molar-refractivity contribution in [3.63, 3.8) is 0 Å². The summed E-state index contributed by atoms with van der Waals surface area (Å²) in [6.45, 7) is 3.00. The third kappa shape index (κ3) is 4.57. The SMILES string of the molecule is COCc1ccccc1NC(N)=NCc1ccnc(C)c1. The van der Waals surface area contributed by atoms with E-state index in [0.717, 1.165) is 22.5 Å². The number of benzene rings is 1. The van der Waals surface area contributed by atoms with Crippen LogP contribution in [0.2, 0.25) is 0 Å². The Morgan fingerprint density at radius 3 is 2.90 bits per heavy atom. The predicted octanol–water partition coefficient (Wildman–Crippen LogP) is 2.46. The average molecular weight is 284 g/mol. The van der Waals surface area contributed by atoms with Gasteiger partial charge in [0, 0.05) is 30.3 Å². The fourth-order valence-electron chi connectivity index (χ4n) is 1.98. The zero-order valence-corrected chi connectivity index (χ0v) is 12.3. The van der Waals surface area contributed by atoms with Gasteiger partial charge in [0.1, 0.15) is 0 Å². The van der Waals surface area contributed by atoms with E-state index in [4.69, 9.17) is 10.5 Å². The lowest BCUT2D eigenvalue weighted by molar-refractivity contribution is 0.185. The Morgan fingerprint density at radius 1 is 1.33 bits per heavy atom. The Hall–Kier alpha value is -2.40. The highest BCUT2D eigenvalue weighted by atomic mass is 16.5. The van der Waals surface area contributed by atoms with Gasteiger partial charge in [-0.05, 0) is 30.7 Å². The Kier molecular flexibility index (Phi) is 5.29. The maximum Gasteiger partial charge on any atom is 0.193 e. The van der Waals surface area contributed by atoms with Crippen molar-refractivity contribution in [2.45, 2.75) is 20.1 Å². The van der Waals surface area contributed by atoms with E-state index in [-0.39, 0.29) is 0 Å². The van der Waals surface area contributed by atoms with Gasteiger partial charge in [0.25, 0.3) is 0 Å². The normalized spacial score (nSPS) is 11.4. The molecule has 21 heavy (non-hydrogen) atoms. The smallest absolute Gasteiger partial charge is 0.193 e.